The van der Waals surface area contributed by atoms with Crippen molar-refractivity contribution in [2.45, 2.75) is 13.2 Å². The molecule has 0 unspecified atom stereocenters. The van der Waals surface area contributed by atoms with Crippen molar-refractivity contribution in [2.24, 2.45) is 0 Å². The van der Waals surface area contributed by atoms with Crippen LogP contribution in [0.5, 0.6) is 0 Å². The zero-order chi connectivity index (χ0) is 21.2. The number of furan rings is 1. The fourth-order valence-electron chi connectivity index (χ4n) is 2.60. The number of benzene rings is 2. The van der Waals surface area contributed by atoms with Crippen LogP contribution in [-0.4, -0.2) is 23.3 Å². The van der Waals surface area contributed by atoms with Gasteiger partial charge in [0.15, 0.2) is 0 Å². The predicted molar refractivity (Wildman–Crippen MR) is 122 cm³/mol. The van der Waals surface area contributed by atoms with Crippen molar-refractivity contribution in [3.8, 4) is 0 Å². The first-order valence-electron chi connectivity index (χ1n) is 9.20. The number of thioether (sulfide) groups is 1. The minimum atomic E-state index is -0.163. The lowest BCUT2D eigenvalue weighted by atomic mass is 10.2. The van der Waals surface area contributed by atoms with Gasteiger partial charge in [0.2, 0.25) is 11.8 Å². The van der Waals surface area contributed by atoms with E-state index in [9.17, 15) is 9.59 Å². The zero-order valence-corrected chi connectivity index (χ0v) is 18.5. The molecule has 2 N–H and O–H groups in total. The summed E-state index contributed by atoms with van der Waals surface area (Å²) >= 11 is 4.62. The van der Waals surface area contributed by atoms with Crippen molar-refractivity contribution in [1.82, 2.24) is 0 Å². The standard InChI is InChI=1S/C22H21BrN2O4S/c23-17-5-2-7-19(11-17)25-22(27)15-30-14-21(26)24-18-6-1-4-16(10-18)12-28-13-20-8-3-9-29-20/h1-11H,12-15H2,(H,24,26)(H,25,27). The van der Waals surface area contributed by atoms with Crippen LogP contribution in [0.2, 0.25) is 0 Å². The fraction of sp³-hybridized carbons (Fsp3) is 0.182. The Kier molecular flexibility index (Phi) is 8.55. The van der Waals surface area contributed by atoms with Gasteiger partial charge in [-0.15, -0.1) is 11.8 Å². The van der Waals surface area contributed by atoms with Gasteiger partial charge in [0, 0.05) is 15.8 Å². The largest absolute Gasteiger partial charge is 0.467 e. The van der Waals surface area contributed by atoms with Crippen molar-refractivity contribution in [1.29, 1.82) is 0 Å². The van der Waals surface area contributed by atoms with E-state index in [0.717, 1.165) is 15.8 Å². The highest BCUT2D eigenvalue weighted by atomic mass is 79.9. The lowest BCUT2D eigenvalue weighted by molar-refractivity contribution is -0.114. The Bertz CT molecular complexity index is 979. The molecule has 2 amide bonds. The van der Waals surface area contributed by atoms with Gasteiger partial charge in [-0.25, -0.2) is 0 Å². The summed E-state index contributed by atoms with van der Waals surface area (Å²) in [5.74, 6) is 0.831. The number of ether oxygens (including phenoxy) is 1. The number of amides is 2. The van der Waals surface area contributed by atoms with Crippen LogP contribution in [-0.2, 0) is 27.5 Å². The molecule has 0 radical (unpaired) electrons. The van der Waals surface area contributed by atoms with Crippen LogP contribution in [0, 0.1) is 0 Å². The van der Waals surface area contributed by atoms with E-state index >= 15 is 0 Å². The van der Waals surface area contributed by atoms with Gasteiger partial charge in [-0.1, -0.05) is 34.1 Å². The van der Waals surface area contributed by atoms with E-state index in [1.165, 1.54) is 11.8 Å². The molecule has 0 saturated carbocycles. The average molecular weight is 489 g/mol. The maximum Gasteiger partial charge on any atom is 0.234 e. The van der Waals surface area contributed by atoms with Crippen LogP contribution in [0.1, 0.15) is 11.3 Å². The summed E-state index contributed by atoms with van der Waals surface area (Å²) in [7, 11) is 0. The molecule has 0 aliphatic heterocycles. The van der Waals surface area contributed by atoms with Crippen LogP contribution < -0.4 is 10.6 Å². The van der Waals surface area contributed by atoms with E-state index in [1.807, 2.05) is 60.7 Å². The van der Waals surface area contributed by atoms with Crippen molar-refractivity contribution < 1.29 is 18.7 Å². The molecule has 0 aliphatic rings. The van der Waals surface area contributed by atoms with Gasteiger partial charge in [-0.05, 0) is 48.0 Å². The van der Waals surface area contributed by atoms with Crippen LogP contribution in [0.3, 0.4) is 0 Å². The maximum atomic E-state index is 12.2. The minimum Gasteiger partial charge on any atom is -0.467 e. The minimum absolute atomic E-state index is 0.151. The lowest BCUT2D eigenvalue weighted by Gasteiger charge is -2.08. The molecule has 3 rings (SSSR count). The molecule has 0 bridgehead atoms. The highest BCUT2D eigenvalue weighted by molar-refractivity contribution is 9.10. The Hall–Kier alpha value is -2.55. The smallest absolute Gasteiger partial charge is 0.234 e. The van der Waals surface area contributed by atoms with Gasteiger partial charge in [0.05, 0.1) is 24.4 Å². The van der Waals surface area contributed by atoms with Crippen molar-refractivity contribution in [2.75, 3.05) is 22.1 Å². The molecule has 2 aromatic carbocycles. The van der Waals surface area contributed by atoms with E-state index in [1.54, 1.807) is 6.26 Å². The van der Waals surface area contributed by atoms with Gasteiger partial charge in [-0.2, -0.15) is 0 Å². The van der Waals surface area contributed by atoms with Crippen molar-refractivity contribution in [3.63, 3.8) is 0 Å². The first-order chi connectivity index (χ1) is 14.6. The molecule has 8 heteroatoms. The van der Waals surface area contributed by atoms with Crippen LogP contribution >= 0.6 is 27.7 Å². The SMILES string of the molecule is O=C(CSCC(=O)Nc1cccc(COCc2ccco2)c1)Nc1cccc(Br)c1. The Morgan fingerprint density at radius 3 is 2.27 bits per heavy atom. The highest BCUT2D eigenvalue weighted by Gasteiger charge is 2.07. The van der Waals surface area contributed by atoms with Gasteiger partial charge in [0.1, 0.15) is 12.4 Å². The fourth-order valence-corrected chi connectivity index (χ4v) is 3.62. The lowest BCUT2D eigenvalue weighted by Crippen LogP contribution is -2.18. The number of rotatable bonds is 10. The number of hydrogen-bond donors (Lipinski definition) is 2. The molecule has 30 heavy (non-hydrogen) atoms. The summed E-state index contributed by atoms with van der Waals surface area (Å²) in [5, 5.41) is 5.65. The third-order valence-electron chi connectivity index (χ3n) is 3.88. The summed E-state index contributed by atoms with van der Waals surface area (Å²) < 4.78 is 11.7. The topological polar surface area (TPSA) is 80.6 Å². The van der Waals surface area contributed by atoms with Gasteiger partial charge in [-0.3, -0.25) is 9.59 Å². The normalized spacial score (nSPS) is 10.6. The summed E-state index contributed by atoms with van der Waals surface area (Å²) in [4.78, 5) is 24.2. The van der Waals surface area contributed by atoms with E-state index in [0.29, 0.717) is 24.6 Å². The molecule has 0 fully saturated rings. The maximum absolute atomic E-state index is 12.2. The van der Waals surface area contributed by atoms with Crippen molar-refractivity contribution >= 4 is 50.9 Å². The molecule has 1 aromatic heterocycles. The van der Waals surface area contributed by atoms with E-state index < -0.39 is 0 Å². The molecule has 0 spiro atoms. The first-order valence-corrected chi connectivity index (χ1v) is 11.2. The third kappa shape index (κ3) is 7.70. The van der Waals surface area contributed by atoms with Crippen LogP contribution in [0.15, 0.2) is 75.8 Å². The molecule has 0 atom stereocenters. The Balaban J connectivity index is 1.37. The van der Waals surface area contributed by atoms with Gasteiger partial charge >= 0.3 is 0 Å². The second-order valence-corrected chi connectivity index (χ2v) is 8.27. The Labute approximate surface area is 187 Å². The predicted octanol–water partition coefficient (Wildman–Crippen LogP) is 5.07. The Morgan fingerprint density at radius 2 is 1.60 bits per heavy atom. The summed E-state index contributed by atoms with van der Waals surface area (Å²) in [6.07, 6.45) is 1.61. The van der Waals surface area contributed by atoms with E-state index in [4.69, 9.17) is 9.15 Å². The number of carbonyl (C=O) groups excluding carboxylic acids is 2. The second-order valence-electron chi connectivity index (χ2n) is 6.37. The van der Waals surface area contributed by atoms with Crippen molar-refractivity contribution in [3.05, 3.63) is 82.7 Å². The first kappa shape index (κ1) is 22.1. The third-order valence-corrected chi connectivity index (χ3v) is 5.30. The number of carbonyl (C=O) groups is 2. The molecule has 156 valence electrons. The molecular weight excluding hydrogens is 468 g/mol. The monoisotopic (exact) mass is 488 g/mol. The molecule has 6 nitrogen and oxygen atoms in total. The molecule has 3 aromatic rings. The van der Waals surface area contributed by atoms with Gasteiger partial charge in [0.25, 0.3) is 0 Å². The number of anilines is 2. The van der Waals surface area contributed by atoms with Crippen LogP contribution in [0.4, 0.5) is 11.4 Å². The van der Waals surface area contributed by atoms with Gasteiger partial charge < -0.3 is 19.8 Å². The quantitative estimate of drug-likeness (QED) is 0.416. The molecule has 0 aliphatic carbocycles. The summed E-state index contributed by atoms with van der Waals surface area (Å²) in [5.41, 5.74) is 2.35. The molecule has 0 saturated heterocycles. The highest BCUT2D eigenvalue weighted by Crippen LogP contribution is 2.16. The van der Waals surface area contributed by atoms with E-state index in [-0.39, 0.29) is 23.3 Å². The van der Waals surface area contributed by atoms with Crippen LogP contribution in [0.25, 0.3) is 0 Å². The second kappa shape index (κ2) is 11.6. The summed E-state index contributed by atoms with van der Waals surface area (Å²) in [6, 6.07) is 18.5. The average Bonchev–Trinajstić information content (AvgIpc) is 3.22. The summed E-state index contributed by atoms with van der Waals surface area (Å²) in [6.45, 7) is 0.803. The molecule has 1 heterocycles. The number of nitrogens with one attached hydrogen (secondary N) is 2. The zero-order valence-electron chi connectivity index (χ0n) is 16.1. The molecular formula is C22H21BrN2O4S. The van der Waals surface area contributed by atoms with E-state index in [2.05, 4.69) is 26.6 Å². The Morgan fingerprint density at radius 1 is 0.900 bits per heavy atom. The number of hydrogen-bond acceptors (Lipinski definition) is 5. The number of halogens is 1.